The number of carbonyl (C=O) groups excluding carboxylic acids is 1. The Morgan fingerprint density at radius 1 is 1.13 bits per heavy atom. The molecular weight excluding hydrogens is 374 g/mol. The second kappa shape index (κ2) is 8.75. The Kier molecular flexibility index (Phi) is 5.71. The van der Waals surface area contributed by atoms with Crippen LogP contribution in [-0.2, 0) is 13.0 Å². The number of nitrogens with zero attached hydrogens (tertiary/aromatic N) is 4. The molecule has 1 aliphatic rings. The zero-order valence-corrected chi connectivity index (χ0v) is 16.9. The Labute approximate surface area is 175 Å². The Hall–Kier alpha value is -3.72. The number of carbonyl (C=O) groups is 1. The molecule has 0 radical (unpaired) electrons. The summed E-state index contributed by atoms with van der Waals surface area (Å²) in [6, 6.07) is 17.1. The van der Waals surface area contributed by atoms with E-state index in [0.29, 0.717) is 22.6 Å². The summed E-state index contributed by atoms with van der Waals surface area (Å²) in [4.78, 5) is 12.5. The van der Waals surface area contributed by atoms with Gasteiger partial charge in [0.05, 0.1) is 5.57 Å². The lowest BCUT2D eigenvalue weighted by molar-refractivity contribution is 0.102. The average molecular weight is 397 g/mol. The van der Waals surface area contributed by atoms with E-state index in [-0.39, 0.29) is 5.91 Å². The highest BCUT2D eigenvalue weighted by molar-refractivity contribution is 6.04. The van der Waals surface area contributed by atoms with Crippen molar-refractivity contribution in [1.29, 1.82) is 5.26 Å². The molecule has 3 aromatic rings. The van der Waals surface area contributed by atoms with Crippen LogP contribution in [0.25, 0.3) is 11.6 Å². The number of anilines is 1. The monoisotopic (exact) mass is 397 g/mol. The van der Waals surface area contributed by atoms with Crippen molar-refractivity contribution in [2.45, 2.75) is 39.2 Å². The molecule has 0 atom stereocenters. The maximum atomic E-state index is 12.5. The Balaban J connectivity index is 1.58. The summed E-state index contributed by atoms with van der Waals surface area (Å²) in [6.45, 7) is 2.82. The molecule has 4 rings (SSSR count). The van der Waals surface area contributed by atoms with Gasteiger partial charge in [0.1, 0.15) is 11.9 Å². The van der Waals surface area contributed by atoms with Gasteiger partial charge in [-0.05, 0) is 55.7 Å². The van der Waals surface area contributed by atoms with Gasteiger partial charge in [0.2, 0.25) is 0 Å². The topological polar surface area (TPSA) is 83.6 Å². The molecule has 0 saturated carbocycles. The van der Waals surface area contributed by atoms with E-state index in [2.05, 4.69) is 26.2 Å². The summed E-state index contributed by atoms with van der Waals surface area (Å²) in [5.41, 5.74) is 3.67. The van der Waals surface area contributed by atoms with Crippen LogP contribution in [0.4, 0.5) is 5.69 Å². The Morgan fingerprint density at radius 2 is 1.97 bits per heavy atom. The minimum absolute atomic E-state index is 0.167. The number of rotatable bonds is 4. The summed E-state index contributed by atoms with van der Waals surface area (Å²) in [7, 11) is 0. The molecule has 6 nitrogen and oxygen atoms in total. The molecule has 0 fully saturated rings. The van der Waals surface area contributed by atoms with E-state index in [1.54, 1.807) is 18.2 Å². The van der Waals surface area contributed by atoms with E-state index in [0.717, 1.165) is 49.2 Å². The lowest BCUT2D eigenvalue weighted by atomic mass is 10.1. The Bertz CT molecular complexity index is 1140. The molecule has 1 aromatic heterocycles. The van der Waals surface area contributed by atoms with E-state index in [1.165, 1.54) is 0 Å². The molecule has 1 amide bonds. The molecule has 0 spiro atoms. The molecule has 6 heteroatoms. The van der Waals surface area contributed by atoms with Crippen molar-refractivity contribution in [2.75, 3.05) is 5.32 Å². The van der Waals surface area contributed by atoms with Gasteiger partial charge in [0.25, 0.3) is 5.91 Å². The quantitative estimate of drug-likeness (QED) is 0.651. The van der Waals surface area contributed by atoms with Crippen molar-refractivity contribution >= 4 is 23.2 Å². The molecule has 0 saturated heterocycles. The highest BCUT2D eigenvalue weighted by atomic mass is 16.1. The summed E-state index contributed by atoms with van der Waals surface area (Å²) < 4.78 is 2.06. The number of amides is 1. The molecule has 0 bridgehead atoms. The fraction of sp³-hybridized carbons (Fsp3) is 0.250. The molecule has 2 heterocycles. The average Bonchev–Trinajstić information content (AvgIpc) is 3.00. The second-order valence-corrected chi connectivity index (χ2v) is 7.52. The highest BCUT2D eigenvalue weighted by Gasteiger charge is 2.17. The highest BCUT2D eigenvalue weighted by Crippen LogP contribution is 2.22. The van der Waals surface area contributed by atoms with Crippen LogP contribution in [0.3, 0.4) is 0 Å². The fourth-order valence-electron chi connectivity index (χ4n) is 3.61. The number of aromatic nitrogens is 3. The maximum Gasteiger partial charge on any atom is 0.255 e. The number of nitrogens with one attached hydrogen (secondary N) is 1. The molecule has 30 heavy (non-hydrogen) atoms. The van der Waals surface area contributed by atoms with Gasteiger partial charge in [-0.1, -0.05) is 36.2 Å². The zero-order valence-electron chi connectivity index (χ0n) is 16.9. The second-order valence-electron chi connectivity index (χ2n) is 7.52. The van der Waals surface area contributed by atoms with E-state index >= 15 is 0 Å². The zero-order chi connectivity index (χ0) is 20.9. The van der Waals surface area contributed by atoms with E-state index < -0.39 is 0 Å². The standard InChI is InChI=1S/C24H23N5O/c1-17-9-11-19(12-10-17)24(30)26-21-7-5-6-18(15-21)14-20(16-25)23-28-27-22-8-3-2-4-13-29(22)23/h5-7,9-12,14-15H,2-4,8,13H2,1H3,(H,26,30)/b20-14-. The molecule has 2 aromatic carbocycles. The largest absolute Gasteiger partial charge is 0.322 e. The van der Waals surface area contributed by atoms with Crippen LogP contribution in [0.15, 0.2) is 48.5 Å². The Morgan fingerprint density at radius 3 is 2.77 bits per heavy atom. The first-order valence-electron chi connectivity index (χ1n) is 10.2. The van der Waals surface area contributed by atoms with E-state index in [9.17, 15) is 10.1 Å². The molecule has 1 N–H and O–H groups in total. The predicted molar refractivity (Wildman–Crippen MR) is 117 cm³/mol. The van der Waals surface area contributed by atoms with Gasteiger partial charge < -0.3 is 9.88 Å². The van der Waals surface area contributed by atoms with Gasteiger partial charge in [-0.25, -0.2) is 0 Å². The van der Waals surface area contributed by atoms with Crippen molar-refractivity contribution in [3.05, 3.63) is 76.9 Å². The molecule has 1 aliphatic heterocycles. The van der Waals surface area contributed by atoms with Crippen LogP contribution < -0.4 is 5.32 Å². The predicted octanol–water partition coefficient (Wildman–Crippen LogP) is 4.63. The van der Waals surface area contributed by atoms with Gasteiger partial charge in [-0.15, -0.1) is 10.2 Å². The van der Waals surface area contributed by atoms with Crippen LogP contribution in [0, 0.1) is 18.3 Å². The number of aryl methyl sites for hydroxylation is 2. The third kappa shape index (κ3) is 4.31. The first-order valence-corrected chi connectivity index (χ1v) is 10.2. The first-order chi connectivity index (χ1) is 14.6. The molecule has 0 unspecified atom stereocenters. The molecule has 0 aliphatic carbocycles. The summed E-state index contributed by atoms with van der Waals surface area (Å²) in [5, 5.41) is 21.2. The van der Waals surface area contributed by atoms with Gasteiger partial charge in [0, 0.05) is 24.2 Å². The number of fused-ring (bicyclic) bond motifs is 1. The van der Waals surface area contributed by atoms with Crippen molar-refractivity contribution in [1.82, 2.24) is 14.8 Å². The van der Waals surface area contributed by atoms with Crippen molar-refractivity contribution < 1.29 is 4.79 Å². The number of hydrogen-bond donors (Lipinski definition) is 1. The van der Waals surface area contributed by atoms with E-state index in [4.69, 9.17) is 0 Å². The SMILES string of the molecule is Cc1ccc(C(=O)Nc2cccc(/C=C(/C#N)c3nnc4n3CCCCC4)c2)cc1. The lowest BCUT2D eigenvalue weighted by Crippen LogP contribution is -2.11. The van der Waals surface area contributed by atoms with Crippen molar-refractivity contribution in [3.63, 3.8) is 0 Å². The summed E-state index contributed by atoms with van der Waals surface area (Å²) in [6.07, 6.45) is 6.02. The number of allylic oxidation sites excluding steroid dienone is 1. The van der Waals surface area contributed by atoms with Crippen LogP contribution in [0.5, 0.6) is 0 Å². The van der Waals surface area contributed by atoms with Gasteiger partial charge in [-0.2, -0.15) is 5.26 Å². The maximum absolute atomic E-state index is 12.5. The number of benzene rings is 2. The van der Waals surface area contributed by atoms with Crippen LogP contribution in [-0.4, -0.2) is 20.7 Å². The van der Waals surface area contributed by atoms with Crippen LogP contribution in [0.2, 0.25) is 0 Å². The van der Waals surface area contributed by atoms with Crippen molar-refractivity contribution in [2.24, 2.45) is 0 Å². The fourth-order valence-corrected chi connectivity index (χ4v) is 3.61. The van der Waals surface area contributed by atoms with Crippen molar-refractivity contribution in [3.8, 4) is 6.07 Å². The first kappa shape index (κ1) is 19.6. The van der Waals surface area contributed by atoms with Crippen LogP contribution >= 0.6 is 0 Å². The minimum atomic E-state index is -0.167. The smallest absolute Gasteiger partial charge is 0.255 e. The normalized spacial score (nSPS) is 13.8. The van der Waals surface area contributed by atoms with Gasteiger partial charge >= 0.3 is 0 Å². The third-order valence-electron chi connectivity index (χ3n) is 5.24. The summed E-state index contributed by atoms with van der Waals surface area (Å²) in [5.74, 6) is 1.39. The minimum Gasteiger partial charge on any atom is -0.322 e. The van der Waals surface area contributed by atoms with Gasteiger partial charge in [0.15, 0.2) is 5.82 Å². The lowest BCUT2D eigenvalue weighted by Gasteiger charge is -2.08. The third-order valence-corrected chi connectivity index (χ3v) is 5.24. The summed E-state index contributed by atoms with van der Waals surface area (Å²) >= 11 is 0. The number of hydrogen-bond acceptors (Lipinski definition) is 4. The molecular formula is C24H23N5O. The van der Waals surface area contributed by atoms with Crippen LogP contribution in [0.1, 0.15) is 52.4 Å². The van der Waals surface area contributed by atoms with Gasteiger partial charge in [-0.3, -0.25) is 4.79 Å². The van der Waals surface area contributed by atoms with E-state index in [1.807, 2.05) is 43.3 Å². The number of nitriles is 1. The molecule has 150 valence electrons.